The topological polar surface area (TPSA) is 74.5 Å². The summed E-state index contributed by atoms with van der Waals surface area (Å²) in [6, 6.07) is 8.22. The van der Waals surface area contributed by atoms with Crippen molar-refractivity contribution in [2.45, 2.75) is 0 Å². The monoisotopic (exact) mass is 260 g/mol. The third-order valence-electron chi connectivity index (χ3n) is 2.65. The van der Waals surface area contributed by atoms with E-state index in [4.69, 9.17) is 9.47 Å². The molecule has 0 unspecified atom stereocenters. The Bertz CT molecular complexity index is 596. The lowest BCUT2D eigenvalue weighted by Crippen LogP contribution is -1.96. The quantitative estimate of drug-likeness (QED) is 0.624. The molecule has 6 heteroatoms. The van der Waals surface area contributed by atoms with Crippen LogP contribution >= 0.6 is 0 Å². The van der Waals surface area contributed by atoms with E-state index in [0.717, 1.165) is 5.56 Å². The first kappa shape index (κ1) is 12.8. The van der Waals surface area contributed by atoms with E-state index in [1.54, 1.807) is 30.5 Å². The van der Waals surface area contributed by atoms with Crippen molar-refractivity contribution in [3.8, 4) is 22.8 Å². The number of rotatable bonds is 4. The summed E-state index contributed by atoms with van der Waals surface area (Å²) in [6.07, 6.45) is 1.58. The van der Waals surface area contributed by atoms with Gasteiger partial charge in [-0.05, 0) is 6.07 Å². The highest BCUT2D eigenvalue weighted by Gasteiger charge is 2.19. The van der Waals surface area contributed by atoms with Gasteiger partial charge in [0.1, 0.15) is 0 Å². The first-order chi connectivity index (χ1) is 9.17. The van der Waals surface area contributed by atoms with Crippen LogP contribution in [-0.4, -0.2) is 24.1 Å². The summed E-state index contributed by atoms with van der Waals surface area (Å²) in [5, 5.41) is 11.0. The van der Waals surface area contributed by atoms with Gasteiger partial charge in [0, 0.05) is 29.5 Å². The van der Waals surface area contributed by atoms with Crippen molar-refractivity contribution in [1.29, 1.82) is 0 Å². The molecular weight excluding hydrogens is 248 g/mol. The molecule has 19 heavy (non-hydrogen) atoms. The van der Waals surface area contributed by atoms with Crippen LogP contribution in [0, 0.1) is 10.1 Å². The number of nitro benzene ring substituents is 1. The van der Waals surface area contributed by atoms with Crippen molar-refractivity contribution in [3.05, 3.63) is 46.6 Å². The minimum absolute atomic E-state index is 0.0733. The molecule has 0 atom stereocenters. The zero-order chi connectivity index (χ0) is 13.8. The third kappa shape index (κ3) is 2.47. The van der Waals surface area contributed by atoms with Gasteiger partial charge in [-0.15, -0.1) is 0 Å². The molecule has 0 radical (unpaired) electrons. The molecule has 0 fully saturated rings. The van der Waals surface area contributed by atoms with E-state index in [1.165, 1.54) is 20.3 Å². The summed E-state index contributed by atoms with van der Waals surface area (Å²) in [7, 11) is 2.93. The number of benzene rings is 1. The van der Waals surface area contributed by atoms with E-state index >= 15 is 0 Å². The fraction of sp³-hybridized carbons (Fsp3) is 0.154. The molecule has 0 N–H and O–H groups in total. The standard InChI is InChI=1S/C13H12N2O4/c1-18-12-7-6-9(8-14-12)10-4-3-5-11(15(16)17)13(10)19-2/h3-8H,1-2H3. The molecule has 98 valence electrons. The number of hydrogen-bond donors (Lipinski definition) is 0. The molecule has 0 saturated heterocycles. The Hall–Kier alpha value is -2.63. The van der Waals surface area contributed by atoms with Crippen LogP contribution in [0.3, 0.4) is 0 Å². The first-order valence-corrected chi connectivity index (χ1v) is 5.49. The fourth-order valence-electron chi connectivity index (χ4n) is 1.77. The van der Waals surface area contributed by atoms with Crippen molar-refractivity contribution in [2.75, 3.05) is 14.2 Å². The van der Waals surface area contributed by atoms with Crippen molar-refractivity contribution in [3.63, 3.8) is 0 Å². The average molecular weight is 260 g/mol. The maximum absolute atomic E-state index is 11.0. The van der Waals surface area contributed by atoms with E-state index < -0.39 is 4.92 Å². The van der Waals surface area contributed by atoms with E-state index in [1.807, 2.05) is 0 Å². The second-order valence-electron chi connectivity index (χ2n) is 3.70. The van der Waals surface area contributed by atoms with Crippen molar-refractivity contribution in [1.82, 2.24) is 4.98 Å². The molecule has 2 aromatic rings. The van der Waals surface area contributed by atoms with E-state index in [0.29, 0.717) is 11.4 Å². The normalized spacial score (nSPS) is 10.0. The molecule has 1 heterocycles. The zero-order valence-corrected chi connectivity index (χ0v) is 10.5. The van der Waals surface area contributed by atoms with Gasteiger partial charge in [0.05, 0.1) is 19.1 Å². The Morgan fingerprint density at radius 3 is 2.47 bits per heavy atom. The van der Waals surface area contributed by atoms with Gasteiger partial charge in [-0.3, -0.25) is 10.1 Å². The first-order valence-electron chi connectivity index (χ1n) is 5.49. The van der Waals surface area contributed by atoms with E-state index in [-0.39, 0.29) is 11.4 Å². The number of hydrogen-bond acceptors (Lipinski definition) is 5. The molecule has 6 nitrogen and oxygen atoms in total. The second-order valence-corrected chi connectivity index (χ2v) is 3.70. The number of aromatic nitrogens is 1. The molecule has 0 amide bonds. The van der Waals surface area contributed by atoms with Gasteiger partial charge in [0.15, 0.2) is 0 Å². The van der Waals surface area contributed by atoms with Crippen molar-refractivity contribution in [2.24, 2.45) is 0 Å². The number of methoxy groups -OCH3 is 2. The van der Waals surface area contributed by atoms with Gasteiger partial charge in [0.25, 0.3) is 0 Å². The van der Waals surface area contributed by atoms with Crippen LogP contribution in [0.1, 0.15) is 0 Å². The average Bonchev–Trinajstić information content (AvgIpc) is 2.46. The van der Waals surface area contributed by atoms with Crippen LogP contribution in [-0.2, 0) is 0 Å². The lowest BCUT2D eigenvalue weighted by molar-refractivity contribution is -0.385. The molecule has 1 aromatic heterocycles. The molecule has 0 aliphatic heterocycles. The summed E-state index contributed by atoms with van der Waals surface area (Å²) in [5.41, 5.74) is 1.27. The number of para-hydroxylation sites is 1. The molecule has 0 saturated carbocycles. The van der Waals surface area contributed by atoms with Crippen LogP contribution < -0.4 is 9.47 Å². The smallest absolute Gasteiger partial charge is 0.311 e. The lowest BCUT2D eigenvalue weighted by atomic mass is 10.1. The molecular formula is C13H12N2O4. The fourth-order valence-corrected chi connectivity index (χ4v) is 1.77. The van der Waals surface area contributed by atoms with Gasteiger partial charge in [-0.2, -0.15) is 0 Å². The van der Waals surface area contributed by atoms with Crippen LogP contribution in [0.25, 0.3) is 11.1 Å². The predicted molar refractivity (Wildman–Crippen MR) is 69.4 cm³/mol. The Balaban J connectivity index is 2.54. The second kappa shape index (κ2) is 5.34. The summed E-state index contributed by atoms with van der Waals surface area (Å²) < 4.78 is 10.1. The van der Waals surface area contributed by atoms with Crippen LogP contribution in [0.2, 0.25) is 0 Å². The van der Waals surface area contributed by atoms with Gasteiger partial charge >= 0.3 is 5.69 Å². The highest BCUT2D eigenvalue weighted by molar-refractivity contribution is 5.75. The third-order valence-corrected chi connectivity index (χ3v) is 2.65. The zero-order valence-electron chi connectivity index (χ0n) is 10.5. The highest BCUT2D eigenvalue weighted by atomic mass is 16.6. The Morgan fingerprint density at radius 1 is 1.16 bits per heavy atom. The summed E-state index contributed by atoms with van der Waals surface area (Å²) in [6.45, 7) is 0. The number of nitro groups is 1. The molecule has 0 bridgehead atoms. The molecule has 0 spiro atoms. The van der Waals surface area contributed by atoms with E-state index in [9.17, 15) is 10.1 Å². The minimum atomic E-state index is -0.473. The SMILES string of the molecule is COc1ccc(-c2cccc([N+](=O)[O-])c2OC)cn1. The van der Waals surface area contributed by atoms with Gasteiger partial charge in [0.2, 0.25) is 11.6 Å². The highest BCUT2D eigenvalue weighted by Crippen LogP contribution is 2.37. The van der Waals surface area contributed by atoms with Crippen LogP contribution in [0.15, 0.2) is 36.5 Å². The van der Waals surface area contributed by atoms with Crippen LogP contribution in [0.5, 0.6) is 11.6 Å². The molecule has 1 aromatic carbocycles. The summed E-state index contributed by atoms with van der Waals surface area (Å²) in [5.74, 6) is 0.701. The van der Waals surface area contributed by atoms with Gasteiger partial charge in [-0.25, -0.2) is 4.98 Å². The van der Waals surface area contributed by atoms with Crippen molar-refractivity contribution >= 4 is 5.69 Å². The largest absolute Gasteiger partial charge is 0.490 e. The maximum Gasteiger partial charge on any atom is 0.311 e. The van der Waals surface area contributed by atoms with E-state index in [2.05, 4.69) is 4.98 Å². The summed E-state index contributed by atoms with van der Waals surface area (Å²) in [4.78, 5) is 14.6. The van der Waals surface area contributed by atoms with Gasteiger partial charge < -0.3 is 9.47 Å². The number of nitrogens with zero attached hydrogens (tertiary/aromatic N) is 2. The lowest BCUT2D eigenvalue weighted by Gasteiger charge is -2.09. The summed E-state index contributed by atoms with van der Waals surface area (Å²) >= 11 is 0. The Morgan fingerprint density at radius 2 is 1.95 bits per heavy atom. The van der Waals surface area contributed by atoms with Crippen LogP contribution in [0.4, 0.5) is 5.69 Å². The molecule has 2 rings (SSSR count). The number of pyridine rings is 1. The maximum atomic E-state index is 11.0. The Kier molecular flexibility index (Phi) is 3.61. The Labute approximate surface area is 109 Å². The minimum Gasteiger partial charge on any atom is -0.490 e. The molecule has 0 aliphatic rings. The number of ether oxygens (including phenoxy) is 2. The van der Waals surface area contributed by atoms with Gasteiger partial charge in [-0.1, -0.05) is 12.1 Å². The molecule has 0 aliphatic carbocycles. The predicted octanol–water partition coefficient (Wildman–Crippen LogP) is 2.67. The van der Waals surface area contributed by atoms with Crippen molar-refractivity contribution < 1.29 is 14.4 Å².